The predicted molar refractivity (Wildman–Crippen MR) is 133 cm³/mol. The van der Waals surface area contributed by atoms with Crippen LogP contribution in [-0.4, -0.2) is 78.5 Å². The summed E-state index contributed by atoms with van der Waals surface area (Å²) in [5, 5.41) is 3.01. The minimum atomic E-state index is -0.598. The van der Waals surface area contributed by atoms with E-state index in [-0.39, 0.29) is 31.0 Å². The van der Waals surface area contributed by atoms with Gasteiger partial charge in [0, 0.05) is 50.9 Å². The van der Waals surface area contributed by atoms with Crippen molar-refractivity contribution in [2.75, 3.05) is 45.9 Å². The Morgan fingerprint density at radius 1 is 1.20 bits per heavy atom. The van der Waals surface area contributed by atoms with Gasteiger partial charge in [0.2, 0.25) is 5.91 Å². The number of carbonyl (C=O) groups is 3. The molecule has 8 heteroatoms. The smallest absolute Gasteiger partial charge is 0.338 e. The number of aryl methyl sites for hydroxylation is 1. The maximum atomic E-state index is 13.3. The Balaban J connectivity index is 1.63. The van der Waals surface area contributed by atoms with Gasteiger partial charge < -0.3 is 15.0 Å². The molecule has 2 fully saturated rings. The molecule has 1 aromatic carbocycles. The van der Waals surface area contributed by atoms with E-state index in [1.54, 1.807) is 17.9 Å². The van der Waals surface area contributed by atoms with Crippen LogP contribution in [0.2, 0.25) is 0 Å². The fraction of sp³-hybridized carbons (Fsp3) is 0.519. The van der Waals surface area contributed by atoms with Gasteiger partial charge in [-0.15, -0.1) is 6.58 Å². The lowest BCUT2D eigenvalue weighted by Crippen LogP contribution is -2.54. The van der Waals surface area contributed by atoms with E-state index in [0.29, 0.717) is 44.0 Å². The molecule has 3 aliphatic rings. The summed E-state index contributed by atoms with van der Waals surface area (Å²) < 4.78 is 5.47. The van der Waals surface area contributed by atoms with Crippen LogP contribution in [0.4, 0.5) is 4.79 Å². The van der Waals surface area contributed by atoms with E-state index in [4.69, 9.17) is 4.74 Å². The summed E-state index contributed by atoms with van der Waals surface area (Å²) in [5.74, 6) is 0.0360. The second-order valence-corrected chi connectivity index (χ2v) is 9.51. The van der Waals surface area contributed by atoms with Gasteiger partial charge in [-0.3, -0.25) is 14.6 Å². The Labute approximate surface area is 207 Å². The first-order chi connectivity index (χ1) is 16.9. The van der Waals surface area contributed by atoms with E-state index in [2.05, 4.69) is 16.8 Å². The zero-order valence-electron chi connectivity index (χ0n) is 20.8. The highest BCUT2D eigenvalue weighted by molar-refractivity contribution is 5.95. The summed E-state index contributed by atoms with van der Waals surface area (Å²) in [6.07, 6.45) is 4.80. The number of ether oxygens (including phenoxy) is 1. The van der Waals surface area contributed by atoms with Crippen molar-refractivity contribution >= 4 is 17.9 Å². The lowest BCUT2D eigenvalue weighted by Gasteiger charge is -2.41. The van der Waals surface area contributed by atoms with Gasteiger partial charge in [-0.05, 0) is 32.3 Å². The highest BCUT2D eigenvalue weighted by Gasteiger charge is 2.39. The van der Waals surface area contributed by atoms with E-state index in [9.17, 15) is 14.4 Å². The minimum absolute atomic E-state index is 0.194. The summed E-state index contributed by atoms with van der Waals surface area (Å²) >= 11 is 0. The Hall–Kier alpha value is -3.13. The highest BCUT2D eigenvalue weighted by atomic mass is 16.5. The second-order valence-electron chi connectivity index (χ2n) is 9.51. The molecule has 1 aromatic rings. The minimum Gasteiger partial charge on any atom is -0.463 e. The molecule has 1 unspecified atom stereocenters. The first-order valence-electron chi connectivity index (χ1n) is 12.6. The van der Waals surface area contributed by atoms with Crippen LogP contribution in [0.15, 0.2) is 48.2 Å². The van der Waals surface area contributed by atoms with Crippen LogP contribution in [0.5, 0.6) is 0 Å². The number of rotatable bonds is 8. The average Bonchev–Trinajstić information content (AvgIpc) is 2.80. The molecule has 3 amide bonds. The number of piperazine rings is 1. The summed E-state index contributed by atoms with van der Waals surface area (Å²) in [5.41, 5.74) is 2.97. The number of hydrogen-bond donors (Lipinski definition) is 1. The number of nitrogens with one attached hydrogen (secondary N) is 1. The van der Waals surface area contributed by atoms with Gasteiger partial charge in [-0.25, -0.2) is 9.59 Å². The molecule has 188 valence electrons. The first kappa shape index (κ1) is 25.0. The third kappa shape index (κ3) is 5.42. The number of urea groups is 1. The van der Waals surface area contributed by atoms with Gasteiger partial charge in [0.15, 0.2) is 0 Å². The summed E-state index contributed by atoms with van der Waals surface area (Å²) in [6.45, 7) is 11.2. The summed E-state index contributed by atoms with van der Waals surface area (Å²) in [6, 6.07) is 6.95. The molecule has 2 aliphatic heterocycles. The summed E-state index contributed by atoms with van der Waals surface area (Å²) in [4.78, 5) is 44.9. The quantitative estimate of drug-likeness (QED) is 0.457. The van der Waals surface area contributed by atoms with Gasteiger partial charge in [0.25, 0.3) is 0 Å². The molecule has 1 atom stereocenters. The Morgan fingerprint density at radius 3 is 2.54 bits per heavy atom. The molecule has 0 spiro atoms. The zero-order valence-corrected chi connectivity index (χ0v) is 20.8. The standard InChI is InChI=1S/C27H36N4O4/c1-4-12-31-22(18-29-13-15-30(16-14-29)25(32)20-9-7-10-20)23(26(33)35-5-2)24(28-27(31)34)21-11-6-8-19(3)17-21/h4,6,8,11,17,20,24H,1,5,7,9-10,12-16,18H2,2-3H3,(H,28,34). The van der Waals surface area contributed by atoms with E-state index in [0.717, 1.165) is 30.4 Å². The largest absolute Gasteiger partial charge is 0.463 e. The predicted octanol–water partition coefficient (Wildman–Crippen LogP) is 3.01. The molecule has 2 heterocycles. The molecule has 1 N–H and O–H groups in total. The highest BCUT2D eigenvalue weighted by Crippen LogP contribution is 2.33. The second kappa shape index (κ2) is 11.1. The molecule has 8 nitrogen and oxygen atoms in total. The molecule has 35 heavy (non-hydrogen) atoms. The maximum Gasteiger partial charge on any atom is 0.338 e. The van der Waals surface area contributed by atoms with Crippen molar-refractivity contribution in [1.29, 1.82) is 0 Å². The number of esters is 1. The van der Waals surface area contributed by atoms with Gasteiger partial charge in [0.05, 0.1) is 18.2 Å². The first-order valence-corrected chi connectivity index (χ1v) is 12.6. The van der Waals surface area contributed by atoms with Crippen molar-refractivity contribution in [1.82, 2.24) is 20.0 Å². The van der Waals surface area contributed by atoms with E-state index < -0.39 is 12.0 Å². The monoisotopic (exact) mass is 480 g/mol. The van der Waals surface area contributed by atoms with Gasteiger partial charge in [0.1, 0.15) is 0 Å². The Bertz CT molecular complexity index is 1010. The van der Waals surface area contributed by atoms with Crippen molar-refractivity contribution in [3.63, 3.8) is 0 Å². The lowest BCUT2D eigenvalue weighted by molar-refractivity contribution is -0.140. The number of amides is 3. The number of benzene rings is 1. The molecule has 1 saturated heterocycles. The average molecular weight is 481 g/mol. The molecule has 0 aromatic heterocycles. The number of nitrogens with zero attached hydrogens (tertiary/aromatic N) is 3. The normalized spacial score (nSPS) is 21.4. The molecular formula is C27H36N4O4. The Morgan fingerprint density at radius 2 is 1.94 bits per heavy atom. The number of hydrogen-bond acceptors (Lipinski definition) is 5. The fourth-order valence-electron chi connectivity index (χ4n) is 5.00. The lowest BCUT2D eigenvalue weighted by atomic mass is 9.84. The van der Waals surface area contributed by atoms with Crippen LogP contribution in [0.1, 0.15) is 43.4 Å². The van der Waals surface area contributed by atoms with Crippen molar-refractivity contribution in [3.8, 4) is 0 Å². The molecule has 1 saturated carbocycles. The van der Waals surface area contributed by atoms with Crippen LogP contribution in [0.25, 0.3) is 0 Å². The van der Waals surface area contributed by atoms with E-state index in [1.807, 2.05) is 36.1 Å². The maximum absolute atomic E-state index is 13.3. The Kier molecular flexibility index (Phi) is 7.90. The van der Waals surface area contributed by atoms with Gasteiger partial charge in [-0.2, -0.15) is 0 Å². The van der Waals surface area contributed by atoms with Crippen molar-refractivity contribution in [2.24, 2.45) is 5.92 Å². The topological polar surface area (TPSA) is 82.2 Å². The van der Waals surface area contributed by atoms with Crippen LogP contribution in [0, 0.1) is 12.8 Å². The molecular weight excluding hydrogens is 444 g/mol. The van der Waals surface area contributed by atoms with Crippen LogP contribution < -0.4 is 5.32 Å². The molecule has 1 aliphatic carbocycles. The summed E-state index contributed by atoms with van der Waals surface area (Å²) in [7, 11) is 0. The van der Waals surface area contributed by atoms with Crippen LogP contribution in [0.3, 0.4) is 0 Å². The fourth-order valence-corrected chi connectivity index (χ4v) is 5.00. The number of carbonyl (C=O) groups excluding carboxylic acids is 3. The molecule has 0 radical (unpaired) electrons. The SMILES string of the molecule is C=CCN1C(=O)NC(c2cccc(C)c2)C(C(=O)OCC)=C1CN1CCN(C(=O)C2CCC2)CC1. The van der Waals surface area contributed by atoms with Crippen molar-refractivity contribution in [2.45, 2.75) is 39.2 Å². The van der Waals surface area contributed by atoms with Gasteiger partial charge in [-0.1, -0.05) is 42.3 Å². The molecule has 4 rings (SSSR count). The van der Waals surface area contributed by atoms with E-state index >= 15 is 0 Å². The third-order valence-corrected chi connectivity index (χ3v) is 7.13. The molecule has 0 bridgehead atoms. The zero-order chi connectivity index (χ0) is 24.9. The third-order valence-electron chi connectivity index (χ3n) is 7.13. The van der Waals surface area contributed by atoms with Crippen molar-refractivity contribution < 1.29 is 19.1 Å². The van der Waals surface area contributed by atoms with Crippen molar-refractivity contribution in [3.05, 3.63) is 59.3 Å². The van der Waals surface area contributed by atoms with Crippen LogP contribution in [-0.2, 0) is 14.3 Å². The van der Waals surface area contributed by atoms with E-state index in [1.165, 1.54) is 0 Å². The van der Waals surface area contributed by atoms with Crippen LogP contribution >= 0.6 is 0 Å². The van der Waals surface area contributed by atoms with Gasteiger partial charge >= 0.3 is 12.0 Å².